The third-order valence-corrected chi connectivity index (χ3v) is 22.0. The van der Waals surface area contributed by atoms with Crippen LogP contribution in [0.25, 0.3) is 0 Å². The molecule has 0 spiro atoms. The van der Waals surface area contributed by atoms with Crippen molar-refractivity contribution in [2.45, 2.75) is 505 Å². The standard InChI is InChI=1S/C89H169NO13/c1-3-5-7-9-11-13-15-17-19-21-23-25-27-29-31-33-35-36-37-38-39-40-41-42-43-45-47-49-51-53-55-57-59-61-63-65-67-69-71-73-81(94)90-77(76-100-88-86(99)84(97)87(80(75-92)102-88)103-89-85(98)83(96)82(95)79(74-91)101-89)78(93)72-70-68-66-64-62-60-58-56-54-52-50-48-46-44-34-32-30-28-26-24-22-20-18-16-14-12-10-8-6-4-2/h21,23,62,64,70,72,77-80,82-89,91-93,95-99H,3-20,22,24-61,63,65-69,71,73-76H2,1-2H3,(H,90,94)/b23-21-,64-62+,72-70+. The van der Waals surface area contributed by atoms with Crippen LogP contribution in [0.4, 0.5) is 0 Å². The van der Waals surface area contributed by atoms with Crippen molar-refractivity contribution in [1.82, 2.24) is 5.32 Å². The number of ether oxygens (including phenoxy) is 4. The molecular weight excluding hydrogens is 1290 g/mol. The summed E-state index contributed by atoms with van der Waals surface area (Å²) < 4.78 is 22.9. The second-order valence-electron chi connectivity index (χ2n) is 31.7. The van der Waals surface area contributed by atoms with Crippen molar-refractivity contribution in [2.24, 2.45) is 0 Å². The number of carbonyl (C=O) groups is 1. The molecule has 608 valence electrons. The number of unbranched alkanes of at least 4 members (excludes halogenated alkanes) is 60. The monoisotopic (exact) mass is 1460 g/mol. The molecule has 0 aromatic rings. The molecule has 2 fully saturated rings. The third-order valence-electron chi connectivity index (χ3n) is 22.0. The Morgan fingerprint density at radius 2 is 0.621 bits per heavy atom. The van der Waals surface area contributed by atoms with Crippen LogP contribution < -0.4 is 5.32 Å². The van der Waals surface area contributed by atoms with Gasteiger partial charge >= 0.3 is 0 Å². The summed E-state index contributed by atoms with van der Waals surface area (Å²) in [6, 6.07) is -0.932. The highest BCUT2D eigenvalue weighted by molar-refractivity contribution is 5.76. The highest BCUT2D eigenvalue weighted by Crippen LogP contribution is 2.31. The van der Waals surface area contributed by atoms with Gasteiger partial charge in [0.15, 0.2) is 12.6 Å². The molecule has 0 aliphatic carbocycles. The number of aliphatic hydroxyl groups excluding tert-OH is 8. The van der Waals surface area contributed by atoms with Crippen molar-refractivity contribution in [3.63, 3.8) is 0 Å². The molecule has 0 aromatic carbocycles. The van der Waals surface area contributed by atoms with Gasteiger partial charge in [-0.05, 0) is 57.8 Å². The first kappa shape index (κ1) is 97.3. The zero-order valence-corrected chi connectivity index (χ0v) is 67.1. The Bertz CT molecular complexity index is 1870. The molecule has 2 heterocycles. The number of allylic oxidation sites excluding steroid dienone is 5. The van der Waals surface area contributed by atoms with E-state index in [2.05, 4.69) is 43.5 Å². The second-order valence-corrected chi connectivity index (χ2v) is 31.7. The van der Waals surface area contributed by atoms with Crippen LogP contribution in [0, 0.1) is 0 Å². The Balaban J connectivity index is 1.57. The van der Waals surface area contributed by atoms with E-state index in [9.17, 15) is 45.6 Å². The molecule has 2 rings (SSSR count). The first-order valence-corrected chi connectivity index (χ1v) is 44.7. The normalized spacial score (nSPS) is 21.7. The SMILES string of the molecule is CCCCCCCCCC/C=C\CCCCCCCCCCCCCCCCCCCCCCCCCCCCCC(=O)NC(COC1OC(CO)C(OC2OC(CO)C(O)C(O)C2O)C(O)C1O)C(O)/C=C/CC/C=C/CCCCCCCCCCCCCCCCCCCCCCCCCC. The van der Waals surface area contributed by atoms with Crippen LogP contribution >= 0.6 is 0 Å². The van der Waals surface area contributed by atoms with E-state index in [0.717, 1.165) is 32.1 Å². The van der Waals surface area contributed by atoms with Crippen LogP contribution in [0.1, 0.15) is 431 Å². The lowest BCUT2D eigenvalue weighted by atomic mass is 9.97. The van der Waals surface area contributed by atoms with Gasteiger partial charge in [0, 0.05) is 6.42 Å². The van der Waals surface area contributed by atoms with Crippen molar-refractivity contribution >= 4 is 5.91 Å². The topological polar surface area (TPSA) is 228 Å². The van der Waals surface area contributed by atoms with Gasteiger partial charge in [-0.1, -0.05) is 403 Å². The highest BCUT2D eigenvalue weighted by atomic mass is 16.7. The van der Waals surface area contributed by atoms with Crippen molar-refractivity contribution < 1.29 is 64.6 Å². The molecule has 0 aromatic heterocycles. The molecule has 103 heavy (non-hydrogen) atoms. The summed E-state index contributed by atoms with van der Waals surface area (Å²) in [5.41, 5.74) is 0. The van der Waals surface area contributed by atoms with Gasteiger partial charge in [-0.3, -0.25) is 4.79 Å². The van der Waals surface area contributed by atoms with Gasteiger partial charge < -0.3 is 65.1 Å². The minimum Gasteiger partial charge on any atom is -0.394 e. The van der Waals surface area contributed by atoms with Gasteiger partial charge in [0.05, 0.1) is 32.0 Å². The minimum atomic E-state index is -1.79. The molecule has 0 radical (unpaired) electrons. The minimum absolute atomic E-state index is 0.239. The van der Waals surface area contributed by atoms with Gasteiger partial charge in [-0.15, -0.1) is 0 Å². The maximum atomic E-state index is 13.4. The summed E-state index contributed by atoms with van der Waals surface area (Å²) in [6.45, 7) is 2.86. The Morgan fingerprint density at radius 1 is 0.340 bits per heavy atom. The molecule has 2 aliphatic rings. The number of nitrogens with one attached hydrogen (secondary N) is 1. The number of rotatable bonds is 77. The molecular formula is C89H169NO13. The van der Waals surface area contributed by atoms with Crippen LogP contribution in [-0.4, -0.2) is 140 Å². The molecule has 1 amide bonds. The van der Waals surface area contributed by atoms with Crippen molar-refractivity contribution in [3.05, 3.63) is 36.5 Å². The third kappa shape index (κ3) is 55.3. The van der Waals surface area contributed by atoms with E-state index in [1.807, 2.05) is 6.08 Å². The van der Waals surface area contributed by atoms with Gasteiger partial charge in [0.1, 0.15) is 48.8 Å². The molecule has 14 heteroatoms. The van der Waals surface area contributed by atoms with Crippen molar-refractivity contribution in [1.29, 1.82) is 0 Å². The summed E-state index contributed by atoms with van der Waals surface area (Å²) in [5.74, 6) is -0.239. The quantitative estimate of drug-likeness (QED) is 0.0204. The smallest absolute Gasteiger partial charge is 0.220 e. The molecule has 12 atom stereocenters. The number of carbonyl (C=O) groups excluding carboxylic acids is 1. The van der Waals surface area contributed by atoms with Crippen LogP contribution in [0.5, 0.6) is 0 Å². The molecule has 0 bridgehead atoms. The molecule has 12 unspecified atom stereocenters. The molecule has 14 nitrogen and oxygen atoms in total. The lowest BCUT2D eigenvalue weighted by molar-refractivity contribution is -0.359. The fraction of sp³-hybridized carbons (Fsp3) is 0.921. The predicted octanol–water partition coefficient (Wildman–Crippen LogP) is 21.5. The van der Waals surface area contributed by atoms with E-state index in [1.54, 1.807) is 6.08 Å². The van der Waals surface area contributed by atoms with Gasteiger partial charge in [-0.25, -0.2) is 0 Å². The number of aliphatic hydroxyl groups is 8. The van der Waals surface area contributed by atoms with E-state index in [-0.39, 0.29) is 18.9 Å². The Hall–Kier alpha value is -1.79. The zero-order valence-electron chi connectivity index (χ0n) is 67.1. The fourth-order valence-corrected chi connectivity index (χ4v) is 15.0. The average molecular weight is 1460 g/mol. The highest BCUT2D eigenvalue weighted by Gasteiger charge is 2.51. The molecule has 9 N–H and O–H groups in total. The summed E-state index contributed by atoms with van der Waals surface area (Å²) in [4.78, 5) is 13.4. The Labute approximate surface area is 633 Å². The molecule has 2 aliphatic heterocycles. The van der Waals surface area contributed by atoms with E-state index in [0.29, 0.717) is 12.8 Å². The van der Waals surface area contributed by atoms with Crippen LogP contribution in [0.15, 0.2) is 36.5 Å². The number of hydrogen-bond donors (Lipinski definition) is 9. The lowest BCUT2D eigenvalue weighted by Gasteiger charge is -2.46. The van der Waals surface area contributed by atoms with E-state index in [1.165, 1.54) is 366 Å². The van der Waals surface area contributed by atoms with Crippen molar-refractivity contribution in [3.8, 4) is 0 Å². The van der Waals surface area contributed by atoms with E-state index < -0.39 is 86.8 Å². The second kappa shape index (κ2) is 73.0. The van der Waals surface area contributed by atoms with E-state index in [4.69, 9.17) is 18.9 Å². The van der Waals surface area contributed by atoms with Crippen LogP contribution in [-0.2, 0) is 23.7 Å². The van der Waals surface area contributed by atoms with E-state index >= 15 is 0 Å². The Morgan fingerprint density at radius 3 is 0.951 bits per heavy atom. The van der Waals surface area contributed by atoms with Crippen LogP contribution in [0.2, 0.25) is 0 Å². The maximum Gasteiger partial charge on any atom is 0.220 e. The first-order valence-electron chi connectivity index (χ1n) is 44.7. The molecule has 2 saturated heterocycles. The summed E-state index contributed by atoms with van der Waals surface area (Å²) in [5, 5.41) is 87.8. The Kier molecular flexibility index (Phi) is 69.0. The largest absolute Gasteiger partial charge is 0.394 e. The summed E-state index contributed by atoms with van der Waals surface area (Å²) in [6.07, 6.45) is 81.3. The number of amides is 1. The van der Waals surface area contributed by atoms with Gasteiger partial charge in [-0.2, -0.15) is 0 Å². The fourth-order valence-electron chi connectivity index (χ4n) is 15.0. The average Bonchev–Trinajstić information content (AvgIpc) is 0.791. The number of hydrogen-bond acceptors (Lipinski definition) is 13. The summed E-state index contributed by atoms with van der Waals surface area (Å²) in [7, 11) is 0. The predicted molar refractivity (Wildman–Crippen MR) is 429 cm³/mol. The van der Waals surface area contributed by atoms with Gasteiger partial charge in [0.25, 0.3) is 0 Å². The summed E-state index contributed by atoms with van der Waals surface area (Å²) >= 11 is 0. The van der Waals surface area contributed by atoms with Crippen molar-refractivity contribution in [2.75, 3.05) is 19.8 Å². The zero-order chi connectivity index (χ0) is 74.4. The van der Waals surface area contributed by atoms with Gasteiger partial charge in [0.2, 0.25) is 5.91 Å². The maximum absolute atomic E-state index is 13.4. The first-order chi connectivity index (χ1) is 50.6. The van der Waals surface area contributed by atoms with Crippen LogP contribution in [0.3, 0.4) is 0 Å². The lowest BCUT2D eigenvalue weighted by Crippen LogP contribution is -2.65. The molecule has 0 saturated carbocycles.